The average molecular weight is 314 g/mol. The molecular weight excluding hydrogens is 296 g/mol. The first kappa shape index (κ1) is 16.5. The molecule has 0 heterocycles. The summed E-state index contributed by atoms with van der Waals surface area (Å²) in [4.78, 5) is 23.7. The van der Waals surface area contributed by atoms with Crippen LogP contribution in [0.1, 0.15) is 26.3 Å². The van der Waals surface area contributed by atoms with Gasteiger partial charge in [-0.1, -0.05) is 24.3 Å². The molecule has 0 N–H and O–H groups in total. The average Bonchev–Trinajstić information content (AvgIpc) is 2.58. The summed E-state index contributed by atoms with van der Waals surface area (Å²) >= 11 is 0. The molecule has 120 valence electrons. The zero-order valence-electron chi connectivity index (χ0n) is 13.1. The molecule has 0 unspecified atom stereocenters. The van der Waals surface area contributed by atoms with E-state index in [0.717, 1.165) is 11.3 Å². The number of hydrogen-bond acceptors (Lipinski definition) is 5. The van der Waals surface area contributed by atoms with Crippen molar-refractivity contribution in [1.29, 1.82) is 0 Å². The third-order valence-electron chi connectivity index (χ3n) is 3.13. The van der Waals surface area contributed by atoms with Crippen LogP contribution in [-0.2, 0) is 9.47 Å². The van der Waals surface area contributed by atoms with Crippen LogP contribution in [0.3, 0.4) is 0 Å². The van der Waals surface area contributed by atoms with E-state index >= 15 is 0 Å². The highest BCUT2D eigenvalue weighted by molar-refractivity contribution is 6.03. The Labute approximate surface area is 134 Å². The molecule has 0 atom stereocenters. The molecule has 2 aromatic rings. The molecule has 0 radical (unpaired) electrons. The predicted molar refractivity (Wildman–Crippen MR) is 84.7 cm³/mol. The van der Waals surface area contributed by atoms with Crippen LogP contribution in [0.15, 0.2) is 48.5 Å². The Hall–Kier alpha value is -2.82. The Morgan fingerprint density at radius 3 is 2.26 bits per heavy atom. The SMILES string of the molecule is COC(=O)c1ccccc1C(=O)OCCOc1cccc(C)c1. The second kappa shape index (κ2) is 7.98. The van der Waals surface area contributed by atoms with Crippen LogP contribution in [-0.4, -0.2) is 32.3 Å². The van der Waals surface area contributed by atoms with Crippen molar-refractivity contribution in [3.05, 3.63) is 65.2 Å². The Bertz CT molecular complexity index is 693. The van der Waals surface area contributed by atoms with Gasteiger partial charge in [-0.15, -0.1) is 0 Å². The minimum atomic E-state index is -0.584. The lowest BCUT2D eigenvalue weighted by Crippen LogP contribution is -2.16. The lowest BCUT2D eigenvalue weighted by molar-refractivity contribution is 0.0438. The van der Waals surface area contributed by atoms with Crippen molar-refractivity contribution in [3.63, 3.8) is 0 Å². The van der Waals surface area contributed by atoms with E-state index in [1.807, 2.05) is 31.2 Å². The van der Waals surface area contributed by atoms with E-state index in [-0.39, 0.29) is 24.3 Å². The standard InChI is InChI=1S/C18H18O5/c1-13-6-5-7-14(12-13)22-10-11-23-18(20)16-9-4-3-8-15(16)17(19)21-2/h3-9,12H,10-11H2,1-2H3. The maximum atomic E-state index is 12.1. The number of benzene rings is 2. The van der Waals surface area contributed by atoms with Gasteiger partial charge >= 0.3 is 11.9 Å². The molecule has 0 spiro atoms. The molecule has 0 aromatic heterocycles. The fraction of sp³-hybridized carbons (Fsp3) is 0.222. The summed E-state index contributed by atoms with van der Waals surface area (Å²) in [6, 6.07) is 14.0. The van der Waals surface area contributed by atoms with Crippen LogP contribution in [0.25, 0.3) is 0 Å². The summed E-state index contributed by atoms with van der Waals surface area (Å²) in [6.45, 7) is 2.29. The van der Waals surface area contributed by atoms with Crippen molar-refractivity contribution in [3.8, 4) is 5.75 Å². The van der Waals surface area contributed by atoms with Gasteiger partial charge in [0.2, 0.25) is 0 Å². The van der Waals surface area contributed by atoms with E-state index in [4.69, 9.17) is 9.47 Å². The molecule has 23 heavy (non-hydrogen) atoms. The van der Waals surface area contributed by atoms with Crippen molar-refractivity contribution in [2.24, 2.45) is 0 Å². The van der Waals surface area contributed by atoms with E-state index in [9.17, 15) is 9.59 Å². The highest BCUT2D eigenvalue weighted by Crippen LogP contribution is 2.13. The minimum Gasteiger partial charge on any atom is -0.490 e. The fourth-order valence-electron chi connectivity index (χ4n) is 2.03. The molecule has 2 rings (SSSR count). The van der Waals surface area contributed by atoms with Gasteiger partial charge < -0.3 is 14.2 Å². The van der Waals surface area contributed by atoms with Gasteiger partial charge in [0.25, 0.3) is 0 Å². The third kappa shape index (κ3) is 4.57. The number of rotatable bonds is 6. The third-order valence-corrected chi connectivity index (χ3v) is 3.13. The Morgan fingerprint density at radius 2 is 1.61 bits per heavy atom. The van der Waals surface area contributed by atoms with Gasteiger partial charge in [-0.05, 0) is 36.8 Å². The second-order valence-corrected chi connectivity index (χ2v) is 4.84. The molecule has 0 fully saturated rings. The summed E-state index contributed by atoms with van der Waals surface area (Å²) in [5.41, 5.74) is 1.45. The van der Waals surface area contributed by atoms with Crippen molar-refractivity contribution in [1.82, 2.24) is 0 Å². The van der Waals surface area contributed by atoms with Crippen molar-refractivity contribution >= 4 is 11.9 Å². The normalized spacial score (nSPS) is 10.0. The highest BCUT2D eigenvalue weighted by Gasteiger charge is 2.17. The number of carbonyl (C=O) groups excluding carboxylic acids is 2. The van der Waals surface area contributed by atoms with Gasteiger partial charge in [0.15, 0.2) is 0 Å². The maximum Gasteiger partial charge on any atom is 0.339 e. The number of esters is 2. The Morgan fingerprint density at radius 1 is 0.913 bits per heavy atom. The first-order valence-electron chi connectivity index (χ1n) is 7.15. The Kier molecular flexibility index (Phi) is 5.74. The molecule has 5 nitrogen and oxygen atoms in total. The van der Waals surface area contributed by atoms with Crippen LogP contribution in [0.2, 0.25) is 0 Å². The topological polar surface area (TPSA) is 61.8 Å². The highest BCUT2D eigenvalue weighted by atomic mass is 16.6. The van der Waals surface area contributed by atoms with E-state index in [1.54, 1.807) is 12.1 Å². The number of hydrogen-bond donors (Lipinski definition) is 0. The van der Waals surface area contributed by atoms with Crippen LogP contribution in [0.5, 0.6) is 5.75 Å². The van der Waals surface area contributed by atoms with Crippen molar-refractivity contribution in [2.45, 2.75) is 6.92 Å². The number of aryl methyl sites for hydroxylation is 1. The molecule has 0 aliphatic carbocycles. The summed E-state index contributed by atoms with van der Waals surface area (Å²) in [6.07, 6.45) is 0. The number of methoxy groups -OCH3 is 1. The van der Waals surface area contributed by atoms with E-state index in [1.165, 1.54) is 19.2 Å². The number of ether oxygens (including phenoxy) is 3. The van der Waals surface area contributed by atoms with Crippen molar-refractivity contribution < 1.29 is 23.8 Å². The minimum absolute atomic E-state index is 0.0856. The van der Waals surface area contributed by atoms with E-state index in [0.29, 0.717) is 0 Å². The summed E-state index contributed by atoms with van der Waals surface area (Å²) in [7, 11) is 1.26. The summed E-state index contributed by atoms with van der Waals surface area (Å²) < 4.78 is 15.3. The van der Waals surface area contributed by atoms with Crippen LogP contribution >= 0.6 is 0 Å². The summed E-state index contributed by atoms with van der Waals surface area (Å²) in [5.74, 6) is -0.441. The predicted octanol–water partition coefficient (Wildman–Crippen LogP) is 3.02. The van der Waals surface area contributed by atoms with Crippen LogP contribution < -0.4 is 4.74 Å². The van der Waals surface area contributed by atoms with Crippen molar-refractivity contribution in [2.75, 3.05) is 20.3 Å². The fourth-order valence-corrected chi connectivity index (χ4v) is 2.03. The van der Waals surface area contributed by atoms with Crippen LogP contribution in [0, 0.1) is 6.92 Å². The van der Waals surface area contributed by atoms with E-state index < -0.39 is 11.9 Å². The molecule has 0 aliphatic heterocycles. The first-order valence-corrected chi connectivity index (χ1v) is 7.15. The zero-order valence-corrected chi connectivity index (χ0v) is 13.1. The largest absolute Gasteiger partial charge is 0.490 e. The molecule has 0 bridgehead atoms. The monoisotopic (exact) mass is 314 g/mol. The second-order valence-electron chi connectivity index (χ2n) is 4.84. The molecule has 0 aliphatic rings. The zero-order chi connectivity index (χ0) is 16.7. The molecule has 0 amide bonds. The van der Waals surface area contributed by atoms with Gasteiger partial charge in [-0.3, -0.25) is 0 Å². The van der Waals surface area contributed by atoms with Gasteiger partial charge in [0.05, 0.1) is 18.2 Å². The summed E-state index contributed by atoms with van der Waals surface area (Å²) in [5, 5.41) is 0. The molecular formula is C18H18O5. The lowest BCUT2D eigenvalue weighted by atomic mass is 10.1. The van der Waals surface area contributed by atoms with E-state index in [2.05, 4.69) is 4.74 Å². The van der Waals surface area contributed by atoms with Crippen LogP contribution in [0.4, 0.5) is 0 Å². The molecule has 0 saturated carbocycles. The Balaban J connectivity index is 1.89. The van der Waals surface area contributed by atoms with Gasteiger partial charge in [0.1, 0.15) is 19.0 Å². The quantitative estimate of drug-likeness (QED) is 0.606. The molecule has 2 aromatic carbocycles. The van der Waals surface area contributed by atoms with Gasteiger partial charge in [0, 0.05) is 0 Å². The van der Waals surface area contributed by atoms with Gasteiger partial charge in [-0.25, -0.2) is 9.59 Å². The maximum absolute atomic E-state index is 12.1. The number of carbonyl (C=O) groups is 2. The smallest absolute Gasteiger partial charge is 0.339 e. The van der Waals surface area contributed by atoms with Gasteiger partial charge in [-0.2, -0.15) is 0 Å². The molecule has 0 saturated heterocycles. The first-order chi connectivity index (χ1) is 11.1. The molecule has 5 heteroatoms. The lowest BCUT2D eigenvalue weighted by Gasteiger charge is -2.09.